The highest BCUT2D eigenvalue weighted by Gasteiger charge is 2.16. The van der Waals surface area contributed by atoms with E-state index in [9.17, 15) is 9.59 Å². The molecule has 1 N–H and O–H groups in total. The van der Waals surface area contributed by atoms with Gasteiger partial charge in [-0.15, -0.1) is 0 Å². The highest BCUT2D eigenvalue weighted by atomic mass is 16.6. The summed E-state index contributed by atoms with van der Waals surface area (Å²) in [5.41, 5.74) is -0.572. The van der Waals surface area contributed by atoms with Crippen molar-refractivity contribution in [3.05, 3.63) is 12.3 Å². The largest absolute Gasteiger partial charge is 0.444 e. The Labute approximate surface area is 89.4 Å². The Morgan fingerprint density at radius 1 is 1.33 bits per heavy atom. The topological polar surface area (TPSA) is 64.6 Å². The van der Waals surface area contributed by atoms with Crippen LogP contribution in [0.4, 0.5) is 4.79 Å². The van der Waals surface area contributed by atoms with Gasteiger partial charge in [0.2, 0.25) is 0 Å². The maximum absolute atomic E-state index is 11.1. The molecule has 5 nitrogen and oxygen atoms in total. The van der Waals surface area contributed by atoms with Crippen molar-refractivity contribution in [3.63, 3.8) is 0 Å². The van der Waals surface area contributed by atoms with E-state index in [4.69, 9.17) is 4.74 Å². The van der Waals surface area contributed by atoms with E-state index >= 15 is 0 Å². The number of esters is 1. The van der Waals surface area contributed by atoms with Crippen molar-refractivity contribution in [2.75, 3.05) is 6.54 Å². The summed E-state index contributed by atoms with van der Waals surface area (Å²) in [6.07, 6.45) is 2.18. The highest BCUT2D eigenvalue weighted by Crippen LogP contribution is 2.05. The van der Waals surface area contributed by atoms with Gasteiger partial charge in [0.15, 0.2) is 0 Å². The van der Waals surface area contributed by atoms with Gasteiger partial charge in [-0.2, -0.15) is 0 Å². The number of hydrogen-bond donors (Lipinski definition) is 1. The highest BCUT2D eigenvalue weighted by molar-refractivity contribution is 5.78. The summed E-state index contributed by atoms with van der Waals surface area (Å²) >= 11 is 0. The minimum Gasteiger partial charge on any atom is -0.444 e. The SMILES string of the molecule is C/C=C/OC(=O)CNC(=O)OC(C)(C)C. The van der Waals surface area contributed by atoms with Crippen LogP contribution in [0.15, 0.2) is 12.3 Å². The molecule has 0 saturated carbocycles. The first-order valence-corrected chi connectivity index (χ1v) is 4.62. The van der Waals surface area contributed by atoms with Crippen molar-refractivity contribution in [2.45, 2.75) is 33.3 Å². The van der Waals surface area contributed by atoms with Crippen LogP contribution in [0.1, 0.15) is 27.7 Å². The summed E-state index contributed by atoms with van der Waals surface area (Å²) in [6, 6.07) is 0. The molecule has 0 fully saturated rings. The van der Waals surface area contributed by atoms with E-state index in [2.05, 4.69) is 10.1 Å². The van der Waals surface area contributed by atoms with Gasteiger partial charge in [-0.3, -0.25) is 0 Å². The van der Waals surface area contributed by atoms with Gasteiger partial charge in [0.25, 0.3) is 0 Å². The Kier molecular flexibility index (Phi) is 5.44. The summed E-state index contributed by atoms with van der Waals surface area (Å²) in [6.45, 7) is 6.73. The number of alkyl carbamates (subject to hydrolysis) is 1. The molecule has 0 aromatic rings. The van der Waals surface area contributed by atoms with Crippen LogP contribution in [0.3, 0.4) is 0 Å². The molecule has 5 heteroatoms. The van der Waals surface area contributed by atoms with Crippen LogP contribution in [0.5, 0.6) is 0 Å². The van der Waals surface area contributed by atoms with E-state index in [1.807, 2.05) is 0 Å². The Morgan fingerprint density at radius 2 is 1.93 bits per heavy atom. The van der Waals surface area contributed by atoms with E-state index in [1.165, 1.54) is 6.26 Å². The van der Waals surface area contributed by atoms with Crippen LogP contribution >= 0.6 is 0 Å². The number of hydrogen-bond acceptors (Lipinski definition) is 4. The molecular formula is C10H17NO4. The first kappa shape index (κ1) is 13.5. The molecule has 0 aromatic carbocycles. The third-order valence-electron chi connectivity index (χ3n) is 1.11. The predicted molar refractivity (Wildman–Crippen MR) is 55.1 cm³/mol. The summed E-state index contributed by atoms with van der Waals surface area (Å²) in [4.78, 5) is 22.0. The van der Waals surface area contributed by atoms with Crippen LogP contribution in [0.2, 0.25) is 0 Å². The minimum atomic E-state index is -0.639. The summed E-state index contributed by atoms with van der Waals surface area (Å²) in [5.74, 6) is -0.543. The Balaban J connectivity index is 3.76. The molecule has 0 aromatic heterocycles. The zero-order valence-corrected chi connectivity index (χ0v) is 9.49. The molecule has 1 amide bonds. The second-order valence-electron chi connectivity index (χ2n) is 3.81. The van der Waals surface area contributed by atoms with Crippen LogP contribution in [-0.2, 0) is 14.3 Å². The van der Waals surface area contributed by atoms with Crippen molar-refractivity contribution in [3.8, 4) is 0 Å². The van der Waals surface area contributed by atoms with Gasteiger partial charge in [-0.25, -0.2) is 9.59 Å². The Morgan fingerprint density at radius 3 is 2.40 bits per heavy atom. The average molecular weight is 215 g/mol. The lowest BCUT2D eigenvalue weighted by Gasteiger charge is -2.19. The van der Waals surface area contributed by atoms with E-state index in [1.54, 1.807) is 33.8 Å². The number of carbonyl (C=O) groups excluding carboxylic acids is 2. The van der Waals surface area contributed by atoms with Crippen LogP contribution < -0.4 is 5.32 Å². The molecular weight excluding hydrogens is 198 g/mol. The van der Waals surface area contributed by atoms with Gasteiger partial charge in [-0.1, -0.05) is 6.08 Å². The quantitative estimate of drug-likeness (QED) is 0.573. The molecule has 0 heterocycles. The van der Waals surface area contributed by atoms with Crippen molar-refractivity contribution in [1.29, 1.82) is 0 Å². The van der Waals surface area contributed by atoms with Crippen molar-refractivity contribution >= 4 is 12.1 Å². The second kappa shape index (κ2) is 6.06. The van der Waals surface area contributed by atoms with Crippen LogP contribution in [0, 0.1) is 0 Å². The fraction of sp³-hybridized carbons (Fsp3) is 0.600. The fourth-order valence-electron chi connectivity index (χ4n) is 0.644. The van der Waals surface area contributed by atoms with Crippen molar-refractivity contribution in [1.82, 2.24) is 5.32 Å². The molecule has 0 rings (SSSR count). The first-order valence-electron chi connectivity index (χ1n) is 4.62. The number of allylic oxidation sites excluding steroid dienone is 1. The average Bonchev–Trinajstić information content (AvgIpc) is 2.08. The molecule has 0 aliphatic carbocycles. The maximum atomic E-state index is 11.1. The van der Waals surface area contributed by atoms with E-state index in [0.29, 0.717) is 0 Å². The monoisotopic (exact) mass is 215 g/mol. The number of carbonyl (C=O) groups is 2. The zero-order chi connectivity index (χ0) is 11.9. The lowest BCUT2D eigenvalue weighted by atomic mass is 10.2. The van der Waals surface area contributed by atoms with E-state index < -0.39 is 17.7 Å². The predicted octanol–water partition coefficient (Wildman–Crippen LogP) is 1.59. The lowest BCUT2D eigenvalue weighted by molar-refractivity contribution is -0.137. The lowest BCUT2D eigenvalue weighted by Crippen LogP contribution is -2.35. The second-order valence-corrected chi connectivity index (χ2v) is 3.81. The number of ether oxygens (including phenoxy) is 2. The van der Waals surface area contributed by atoms with Gasteiger partial charge < -0.3 is 14.8 Å². The van der Waals surface area contributed by atoms with Crippen molar-refractivity contribution in [2.24, 2.45) is 0 Å². The Hall–Kier alpha value is -1.52. The first-order chi connectivity index (χ1) is 6.85. The van der Waals surface area contributed by atoms with E-state index in [-0.39, 0.29) is 6.54 Å². The van der Waals surface area contributed by atoms with E-state index in [0.717, 1.165) is 0 Å². The number of amides is 1. The van der Waals surface area contributed by atoms with Gasteiger partial charge >= 0.3 is 12.1 Å². The molecule has 0 saturated heterocycles. The summed E-state index contributed by atoms with van der Waals surface area (Å²) < 4.78 is 9.50. The molecule has 0 atom stereocenters. The molecule has 15 heavy (non-hydrogen) atoms. The number of nitrogens with one attached hydrogen (secondary N) is 1. The smallest absolute Gasteiger partial charge is 0.408 e. The molecule has 0 aliphatic rings. The van der Waals surface area contributed by atoms with Gasteiger partial charge in [0.05, 0.1) is 6.26 Å². The molecule has 0 unspecified atom stereocenters. The third-order valence-corrected chi connectivity index (χ3v) is 1.11. The molecule has 0 spiro atoms. The normalized spacial score (nSPS) is 11.2. The molecule has 0 aliphatic heterocycles. The molecule has 86 valence electrons. The minimum absolute atomic E-state index is 0.209. The molecule has 0 radical (unpaired) electrons. The molecule has 0 bridgehead atoms. The summed E-state index contributed by atoms with van der Waals surface area (Å²) in [5, 5.41) is 2.28. The van der Waals surface area contributed by atoms with Crippen molar-refractivity contribution < 1.29 is 19.1 Å². The zero-order valence-electron chi connectivity index (χ0n) is 9.49. The Bertz CT molecular complexity index is 253. The van der Waals surface area contributed by atoms with Crippen LogP contribution in [-0.4, -0.2) is 24.2 Å². The van der Waals surface area contributed by atoms with Gasteiger partial charge in [0, 0.05) is 0 Å². The van der Waals surface area contributed by atoms with Gasteiger partial charge in [-0.05, 0) is 27.7 Å². The fourth-order valence-corrected chi connectivity index (χ4v) is 0.644. The standard InChI is InChI=1S/C10H17NO4/c1-5-6-14-8(12)7-11-9(13)15-10(2,3)4/h5-6H,7H2,1-4H3,(H,11,13)/b6-5+. The van der Waals surface area contributed by atoms with Gasteiger partial charge in [0.1, 0.15) is 12.1 Å². The van der Waals surface area contributed by atoms with Crippen LogP contribution in [0.25, 0.3) is 0 Å². The number of rotatable bonds is 3. The maximum Gasteiger partial charge on any atom is 0.408 e. The third kappa shape index (κ3) is 8.80. The summed E-state index contributed by atoms with van der Waals surface area (Å²) in [7, 11) is 0.